The molecular formula is C13H12N2O3. The monoisotopic (exact) mass is 244 g/mol. The summed E-state index contributed by atoms with van der Waals surface area (Å²) >= 11 is 0. The van der Waals surface area contributed by atoms with Gasteiger partial charge in [0.1, 0.15) is 5.56 Å². The number of H-pyrrole nitrogens is 1. The van der Waals surface area contributed by atoms with Crippen molar-refractivity contribution in [3.05, 3.63) is 51.8 Å². The van der Waals surface area contributed by atoms with Crippen LogP contribution in [0.5, 0.6) is 0 Å². The molecule has 0 radical (unpaired) electrons. The Morgan fingerprint density at radius 1 is 1.44 bits per heavy atom. The Balaban J connectivity index is 2.61. The van der Waals surface area contributed by atoms with E-state index in [9.17, 15) is 9.59 Å². The Labute approximate surface area is 103 Å². The van der Waals surface area contributed by atoms with Crippen LogP contribution in [0.1, 0.15) is 15.9 Å². The molecule has 0 atom stereocenters. The van der Waals surface area contributed by atoms with Crippen molar-refractivity contribution in [1.82, 2.24) is 4.98 Å². The molecule has 0 bridgehead atoms. The third kappa shape index (κ3) is 2.16. The fourth-order valence-corrected chi connectivity index (χ4v) is 1.71. The van der Waals surface area contributed by atoms with Crippen molar-refractivity contribution in [3.63, 3.8) is 0 Å². The van der Waals surface area contributed by atoms with Crippen molar-refractivity contribution >= 4 is 22.9 Å². The lowest BCUT2D eigenvalue weighted by atomic mass is 10.1. The number of carboxylic acid groups (broad SMARTS) is 1. The molecule has 4 N–H and O–H groups in total. The molecule has 0 unspecified atom stereocenters. The lowest BCUT2D eigenvalue weighted by Crippen LogP contribution is -2.15. The second kappa shape index (κ2) is 4.85. The first-order chi connectivity index (χ1) is 8.63. The van der Waals surface area contributed by atoms with E-state index in [2.05, 4.69) is 4.98 Å². The standard InChI is InChI=1S/C13H12N2O3/c14-5-1-2-8-3-4-9-11(6-8)15-7-10(12(9)16)13(17)18/h1-4,6-7H,5,14H2,(H,15,16)(H,17,18). The van der Waals surface area contributed by atoms with Gasteiger partial charge in [-0.1, -0.05) is 18.2 Å². The molecule has 0 fully saturated rings. The van der Waals surface area contributed by atoms with Crippen molar-refractivity contribution in [2.45, 2.75) is 0 Å². The number of nitrogens with two attached hydrogens (primary N) is 1. The molecule has 92 valence electrons. The molecule has 1 aromatic carbocycles. The minimum absolute atomic E-state index is 0.257. The van der Waals surface area contributed by atoms with E-state index in [0.29, 0.717) is 17.4 Å². The number of hydrogen-bond acceptors (Lipinski definition) is 3. The Bertz CT molecular complexity index is 686. The molecule has 0 amide bonds. The van der Waals surface area contributed by atoms with E-state index in [1.165, 1.54) is 6.20 Å². The van der Waals surface area contributed by atoms with Crippen LogP contribution in [0.15, 0.2) is 35.3 Å². The number of carbonyl (C=O) groups is 1. The Morgan fingerprint density at radius 2 is 2.22 bits per heavy atom. The van der Waals surface area contributed by atoms with Crippen LogP contribution in [0.25, 0.3) is 17.0 Å². The van der Waals surface area contributed by atoms with E-state index >= 15 is 0 Å². The fraction of sp³-hybridized carbons (Fsp3) is 0.0769. The van der Waals surface area contributed by atoms with E-state index in [0.717, 1.165) is 5.56 Å². The quantitative estimate of drug-likeness (QED) is 0.755. The van der Waals surface area contributed by atoms with E-state index in [-0.39, 0.29) is 5.56 Å². The van der Waals surface area contributed by atoms with Gasteiger partial charge in [-0.2, -0.15) is 0 Å². The summed E-state index contributed by atoms with van der Waals surface area (Å²) in [5.74, 6) is -1.23. The normalized spacial score (nSPS) is 11.2. The van der Waals surface area contributed by atoms with Crippen molar-refractivity contribution in [2.75, 3.05) is 6.54 Å². The number of benzene rings is 1. The lowest BCUT2D eigenvalue weighted by Gasteiger charge is -2.01. The van der Waals surface area contributed by atoms with Crippen LogP contribution in [0.2, 0.25) is 0 Å². The van der Waals surface area contributed by atoms with Crippen LogP contribution in [0.4, 0.5) is 0 Å². The molecule has 5 nitrogen and oxygen atoms in total. The lowest BCUT2D eigenvalue weighted by molar-refractivity contribution is 0.0695. The van der Waals surface area contributed by atoms with Crippen molar-refractivity contribution < 1.29 is 9.90 Å². The van der Waals surface area contributed by atoms with Gasteiger partial charge in [0.25, 0.3) is 0 Å². The number of hydrogen-bond donors (Lipinski definition) is 3. The van der Waals surface area contributed by atoms with E-state index in [1.54, 1.807) is 24.3 Å². The second-order valence-electron chi connectivity index (χ2n) is 3.78. The molecule has 18 heavy (non-hydrogen) atoms. The highest BCUT2D eigenvalue weighted by Gasteiger charge is 2.10. The first-order valence-corrected chi connectivity index (χ1v) is 5.39. The summed E-state index contributed by atoms with van der Waals surface area (Å²) in [6.07, 6.45) is 4.84. The third-order valence-electron chi connectivity index (χ3n) is 2.58. The van der Waals surface area contributed by atoms with Crippen LogP contribution in [-0.4, -0.2) is 22.6 Å². The molecular weight excluding hydrogens is 232 g/mol. The Kier molecular flexibility index (Phi) is 3.25. The summed E-state index contributed by atoms with van der Waals surface area (Å²) in [7, 11) is 0. The zero-order valence-electron chi connectivity index (χ0n) is 9.51. The van der Waals surface area contributed by atoms with Crippen LogP contribution in [0.3, 0.4) is 0 Å². The largest absolute Gasteiger partial charge is 0.477 e. The van der Waals surface area contributed by atoms with Gasteiger partial charge in [0.2, 0.25) is 5.43 Å². The summed E-state index contributed by atoms with van der Waals surface area (Å²) < 4.78 is 0. The van der Waals surface area contributed by atoms with E-state index in [4.69, 9.17) is 10.8 Å². The van der Waals surface area contributed by atoms with Gasteiger partial charge < -0.3 is 15.8 Å². The van der Waals surface area contributed by atoms with E-state index in [1.807, 2.05) is 6.08 Å². The van der Waals surface area contributed by atoms with Crippen LogP contribution < -0.4 is 11.2 Å². The molecule has 0 saturated heterocycles. The minimum Gasteiger partial charge on any atom is -0.477 e. The molecule has 2 aromatic rings. The zero-order chi connectivity index (χ0) is 13.1. The number of aromatic carboxylic acids is 1. The minimum atomic E-state index is -1.23. The van der Waals surface area contributed by atoms with Gasteiger partial charge in [0.05, 0.1) is 0 Å². The highest BCUT2D eigenvalue weighted by molar-refractivity contribution is 5.92. The topological polar surface area (TPSA) is 96.2 Å². The van der Waals surface area contributed by atoms with Crippen LogP contribution in [0, 0.1) is 0 Å². The van der Waals surface area contributed by atoms with Gasteiger partial charge in [-0.15, -0.1) is 0 Å². The maximum Gasteiger partial charge on any atom is 0.341 e. The summed E-state index contributed by atoms with van der Waals surface area (Å²) in [4.78, 5) is 25.5. The average molecular weight is 244 g/mol. The number of nitrogens with one attached hydrogen (secondary N) is 1. The average Bonchev–Trinajstić information content (AvgIpc) is 2.36. The number of pyridine rings is 1. The smallest absolute Gasteiger partial charge is 0.341 e. The molecule has 0 saturated carbocycles. The van der Waals surface area contributed by atoms with E-state index < -0.39 is 11.4 Å². The summed E-state index contributed by atoms with van der Waals surface area (Å²) in [5, 5.41) is 9.21. The van der Waals surface area contributed by atoms with Gasteiger partial charge in [-0.05, 0) is 17.7 Å². The predicted octanol–water partition coefficient (Wildman–Crippen LogP) is 1.20. The highest BCUT2D eigenvalue weighted by Crippen LogP contribution is 2.12. The van der Waals surface area contributed by atoms with Crippen LogP contribution >= 0.6 is 0 Å². The van der Waals surface area contributed by atoms with Gasteiger partial charge >= 0.3 is 5.97 Å². The number of aromatic nitrogens is 1. The maximum atomic E-state index is 11.9. The SMILES string of the molecule is NCC=Cc1ccc2c(=O)c(C(=O)O)c[nH]c2c1. The van der Waals surface area contributed by atoms with Crippen molar-refractivity contribution in [3.8, 4) is 0 Å². The summed E-state index contributed by atoms with van der Waals surface area (Å²) in [6, 6.07) is 5.13. The number of rotatable bonds is 3. The molecule has 1 heterocycles. The molecule has 0 aliphatic carbocycles. The fourth-order valence-electron chi connectivity index (χ4n) is 1.71. The first kappa shape index (κ1) is 12.1. The first-order valence-electron chi connectivity index (χ1n) is 5.39. The second-order valence-corrected chi connectivity index (χ2v) is 3.78. The maximum absolute atomic E-state index is 11.9. The van der Waals surface area contributed by atoms with Crippen molar-refractivity contribution in [1.29, 1.82) is 0 Å². The number of aromatic amines is 1. The Hall–Kier alpha value is -2.40. The third-order valence-corrected chi connectivity index (χ3v) is 2.58. The number of carboxylic acids is 1. The molecule has 5 heteroatoms. The number of fused-ring (bicyclic) bond motifs is 1. The van der Waals surface area contributed by atoms with Gasteiger partial charge in [0, 0.05) is 23.6 Å². The Morgan fingerprint density at radius 3 is 2.89 bits per heavy atom. The molecule has 1 aromatic heterocycles. The van der Waals surface area contributed by atoms with Gasteiger partial charge in [-0.3, -0.25) is 4.79 Å². The zero-order valence-corrected chi connectivity index (χ0v) is 9.51. The van der Waals surface area contributed by atoms with Crippen LogP contribution in [-0.2, 0) is 0 Å². The van der Waals surface area contributed by atoms with Gasteiger partial charge in [-0.25, -0.2) is 4.79 Å². The highest BCUT2D eigenvalue weighted by atomic mass is 16.4. The molecule has 0 aliphatic heterocycles. The summed E-state index contributed by atoms with van der Waals surface area (Å²) in [5.41, 5.74) is 6.11. The molecule has 2 rings (SSSR count). The molecule has 0 aliphatic rings. The summed E-state index contributed by atoms with van der Waals surface area (Å²) in [6.45, 7) is 0.437. The molecule has 0 spiro atoms. The predicted molar refractivity (Wildman–Crippen MR) is 69.6 cm³/mol. The van der Waals surface area contributed by atoms with Gasteiger partial charge in [0.15, 0.2) is 0 Å². The van der Waals surface area contributed by atoms with Crippen molar-refractivity contribution in [2.24, 2.45) is 5.73 Å².